The van der Waals surface area contributed by atoms with Crippen LogP contribution in [0.2, 0.25) is 0 Å². The number of methoxy groups -OCH3 is 1. The summed E-state index contributed by atoms with van der Waals surface area (Å²) in [4.78, 5) is 25.0. The number of urea groups is 1. The number of amides is 2. The molecule has 0 bridgehead atoms. The van der Waals surface area contributed by atoms with Crippen LogP contribution >= 0.6 is 0 Å². The van der Waals surface area contributed by atoms with Gasteiger partial charge in [-0.1, -0.05) is 0 Å². The maximum absolute atomic E-state index is 13.7. The van der Waals surface area contributed by atoms with Crippen LogP contribution in [0.5, 0.6) is 0 Å². The van der Waals surface area contributed by atoms with Gasteiger partial charge in [-0.15, -0.1) is 0 Å². The van der Waals surface area contributed by atoms with Gasteiger partial charge in [-0.3, -0.25) is 0 Å². The van der Waals surface area contributed by atoms with Crippen LogP contribution in [0.3, 0.4) is 0 Å². The maximum Gasteiger partial charge on any atom is 0.337 e. The Bertz CT molecular complexity index is 518. The number of esters is 1. The topological polar surface area (TPSA) is 58.6 Å². The van der Waals surface area contributed by atoms with Gasteiger partial charge in [0.2, 0.25) is 0 Å². The molecule has 116 valence electrons. The SMILES string of the molecule is CCN(C(=O)NCc1cc(C(=O)OC)ccc1F)C(C)C. The molecule has 0 saturated carbocycles. The minimum atomic E-state index is -0.542. The summed E-state index contributed by atoms with van der Waals surface area (Å²) in [6.07, 6.45) is 0. The van der Waals surface area contributed by atoms with E-state index in [1.54, 1.807) is 4.90 Å². The van der Waals surface area contributed by atoms with Crippen LogP contribution in [0, 0.1) is 5.82 Å². The van der Waals surface area contributed by atoms with Crippen LogP contribution in [-0.2, 0) is 11.3 Å². The molecule has 0 aromatic heterocycles. The van der Waals surface area contributed by atoms with Crippen molar-refractivity contribution >= 4 is 12.0 Å². The molecule has 0 saturated heterocycles. The molecule has 0 spiro atoms. The molecule has 0 heterocycles. The Labute approximate surface area is 124 Å². The Morgan fingerprint density at radius 1 is 1.38 bits per heavy atom. The summed E-state index contributed by atoms with van der Waals surface area (Å²) in [5, 5.41) is 2.65. The van der Waals surface area contributed by atoms with E-state index in [0.717, 1.165) is 0 Å². The molecule has 6 heteroatoms. The minimum Gasteiger partial charge on any atom is -0.465 e. The highest BCUT2D eigenvalue weighted by Crippen LogP contribution is 2.12. The van der Waals surface area contributed by atoms with Gasteiger partial charge in [0.15, 0.2) is 0 Å². The molecule has 21 heavy (non-hydrogen) atoms. The fourth-order valence-corrected chi connectivity index (χ4v) is 1.97. The lowest BCUT2D eigenvalue weighted by Gasteiger charge is -2.25. The van der Waals surface area contributed by atoms with Crippen LogP contribution in [0.1, 0.15) is 36.7 Å². The number of halogens is 1. The number of carbonyl (C=O) groups is 2. The average molecular weight is 296 g/mol. The summed E-state index contributed by atoms with van der Waals surface area (Å²) in [5.74, 6) is -1.02. The first kappa shape index (κ1) is 16.9. The second-order valence-electron chi connectivity index (χ2n) is 4.84. The highest BCUT2D eigenvalue weighted by molar-refractivity contribution is 5.89. The average Bonchev–Trinajstić information content (AvgIpc) is 2.45. The third-order valence-corrected chi connectivity index (χ3v) is 3.12. The molecule has 1 aromatic rings. The highest BCUT2D eigenvalue weighted by atomic mass is 19.1. The predicted molar refractivity (Wildman–Crippen MR) is 77.5 cm³/mol. The van der Waals surface area contributed by atoms with Crippen molar-refractivity contribution in [1.29, 1.82) is 0 Å². The number of nitrogens with zero attached hydrogens (tertiary/aromatic N) is 1. The van der Waals surface area contributed by atoms with Gasteiger partial charge < -0.3 is 15.0 Å². The van der Waals surface area contributed by atoms with Crippen molar-refractivity contribution in [3.05, 3.63) is 35.1 Å². The molecule has 2 amide bonds. The Morgan fingerprint density at radius 2 is 2.05 bits per heavy atom. The number of carbonyl (C=O) groups excluding carboxylic acids is 2. The van der Waals surface area contributed by atoms with Crippen LogP contribution < -0.4 is 5.32 Å². The van der Waals surface area contributed by atoms with Crippen molar-refractivity contribution < 1.29 is 18.7 Å². The van der Waals surface area contributed by atoms with Gasteiger partial charge in [0.25, 0.3) is 0 Å². The molecule has 0 aliphatic carbocycles. The first-order valence-corrected chi connectivity index (χ1v) is 6.81. The smallest absolute Gasteiger partial charge is 0.337 e. The van der Waals surface area contributed by atoms with Gasteiger partial charge in [-0.25, -0.2) is 14.0 Å². The third kappa shape index (κ3) is 4.44. The van der Waals surface area contributed by atoms with E-state index in [1.807, 2.05) is 20.8 Å². The summed E-state index contributed by atoms with van der Waals surface area (Å²) in [7, 11) is 1.26. The molecular formula is C15H21FN2O3. The van der Waals surface area contributed by atoms with E-state index >= 15 is 0 Å². The first-order valence-electron chi connectivity index (χ1n) is 6.81. The molecule has 0 fully saturated rings. The zero-order valence-electron chi connectivity index (χ0n) is 12.8. The standard InChI is InChI=1S/C15H21FN2O3/c1-5-18(10(2)3)15(20)17-9-12-8-11(14(19)21-4)6-7-13(12)16/h6-8,10H,5,9H2,1-4H3,(H,17,20). The molecule has 0 unspecified atom stereocenters. The summed E-state index contributed by atoms with van der Waals surface area (Å²) < 4.78 is 18.3. The van der Waals surface area contributed by atoms with Crippen LogP contribution in [-0.4, -0.2) is 36.6 Å². The van der Waals surface area contributed by atoms with E-state index in [4.69, 9.17) is 0 Å². The summed E-state index contributed by atoms with van der Waals surface area (Å²) in [6.45, 7) is 6.26. The molecule has 0 aliphatic heterocycles. The normalized spacial score (nSPS) is 10.4. The van der Waals surface area contributed by atoms with E-state index in [1.165, 1.54) is 25.3 Å². The molecule has 1 aromatic carbocycles. The van der Waals surface area contributed by atoms with Gasteiger partial charge >= 0.3 is 12.0 Å². The van der Waals surface area contributed by atoms with Crippen molar-refractivity contribution in [2.75, 3.05) is 13.7 Å². The van der Waals surface area contributed by atoms with Crippen molar-refractivity contribution in [3.8, 4) is 0 Å². The highest BCUT2D eigenvalue weighted by Gasteiger charge is 2.15. The number of hydrogen-bond acceptors (Lipinski definition) is 3. The van der Waals surface area contributed by atoms with Crippen LogP contribution in [0.15, 0.2) is 18.2 Å². The molecule has 5 nitrogen and oxygen atoms in total. The fraction of sp³-hybridized carbons (Fsp3) is 0.467. The van der Waals surface area contributed by atoms with Gasteiger partial charge in [0.1, 0.15) is 5.82 Å². The molecule has 1 N–H and O–H groups in total. The van der Waals surface area contributed by atoms with E-state index in [9.17, 15) is 14.0 Å². The number of ether oxygens (including phenoxy) is 1. The van der Waals surface area contributed by atoms with Gasteiger partial charge in [-0.2, -0.15) is 0 Å². The molecule has 0 atom stereocenters. The third-order valence-electron chi connectivity index (χ3n) is 3.12. The van der Waals surface area contributed by atoms with Crippen molar-refractivity contribution in [1.82, 2.24) is 10.2 Å². The maximum atomic E-state index is 13.7. The lowest BCUT2D eigenvalue weighted by Crippen LogP contribution is -2.43. The zero-order valence-corrected chi connectivity index (χ0v) is 12.8. The number of hydrogen-bond donors (Lipinski definition) is 1. The Morgan fingerprint density at radius 3 is 2.57 bits per heavy atom. The Balaban J connectivity index is 2.79. The van der Waals surface area contributed by atoms with Crippen molar-refractivity contribution in [2.45, 2.75) is 33.4 Å². The van der Waals surface area contributed by atoms with E-state index in [-0.39, 0.29) is 29.7 Å². The molecule has 0 aliphatic rings. The van der Waals surface area contributed by atoms with Crippen LogP contribution in [0.25, 0.3) is 0 Å². The Kier molecular flexibility index (Phi) is 6.14. The fourth-order valence-electron chi connectivity index (χ4n) is 1.97. The summed E-state index contributed by atoms with van der Waals surface area (Å²) in [6, 6.07) is 3.71. The first-order chi connectivity index (χ1) is 9.90. The number of rotatable bonds is 5. The molecular weight excluding hydrogens is 275 g/mol. The summed E-state index contributed by atoms with van der Waals surface area (Å²) in [5.41, 5.74) is 0.491. The lowest BCUT2D eigenvalue weighted by molar-refractivity contribution is 0.0600. The predicted octanol–water partition coefficient (Wildman–Crippen LogP) is 2.55. The molecule has 0 radical (unpaired) electrons. The lowest BCUT2D eigenvalue weighted by atomic mass is 10.1. The van der Waals surface area contributed by atoms with Crippen molar-refractivity contribution in [3.63, 3.8) is 0 Å². The van der Waals surface area contributed by atoms with Gasteiger partial charge in [0.05, 0.1) is 12.7 Å². The Hall–Kier alpha value is -2.11. The van der Waals surface area contributed by atoms with Gasteiger partial charge in [-0.05, 0) is 39.0 Å². The number of benzene rings is 1. The van der Waals surface area contributed by atoms with E-state index < -0.39 is 11.8 Å². The number of nitrogens with one attached hydrogen (secondary N) is 1. The van der Waals surface area contributed by atoms with E-state index in [2.05, 4.69) is 10.1 Å². The molecule has 1 rings (SSSR count). The second kappa shape index (κ2) is 7.61. The zero-order chi connectivity index (χ0) is 16.0. The van der Waals surface area contributed by atoms with Crippen molar-refractivity contribution in [2.24, 2.45) is 0 Å². The quantitative estimate of drug-likeness (QED) is 0.850. The van der Waals surface area contributed by atoms with E-state index in [0.29, 0.717) is 6.54 Å². The van der Waals surface area contributed by atoms with Crippen LogP contribution in [0.4, 0.5) is 9.18 Å². The van der Waals surface area contributed by atoms with Gasteiger partial charge in [0, 0.05) is 24.7 Å². The summed E-state index contributed by atoms with van der Waals surface area (Å²) >= 11 is 0. The second-order valence-corrected chi connectivity index (χ2v) is 4.84. The largest absolute Gasteiger partial charge is 0.465 e. The monoisotopic (exact) mass is 296 g/mol. The minimum absolute atomic E-state index is 0.0126.